The number of nitrogen functional groups attached to an aromatic ring is 1. The van der Waals surface area contributed by atoms with Gasteiger partial charge in [-0.3, -0.25) is 10.1 Å². The molecule has 60 valence electrons. The number of amidine groups is 1. The van der Waals surface area contributed by atoms with Crippen molar-refractivity contribution in [2.45, 2.75) is 20.4 Å². The molecular weight excluding hydrogens is 140 g/mol. The monoisotopic (exact) mass is 152 g/mol. The summed E-state index contributed by atoms with van der Waals surface area (Å²) in [4.78, 5) is 0. The van der Waals surface area contributed by atoms with Crippen LogP contribution in [0, 0.1) is 12.3 Å². The molecule has 3 N–H and O–H groups in total. The molecule has 0 aliphatic rings. The maximum Gasteiger partial charge on any atom is 0.126 e. The molecule has 4 heteroatoms. The van der Waals surface area contributed by atoms with Gasteiger partial charge in [-0.25, -0.2) is 0 Å². The van der Waals surface area contributed by atoms with Crippen molar-refractivity contribution in [1.82, 2.24) is 9.78 Å². The lowest BCUT2D eigenvalue weighted by molar-refractivity contribution is 0.653. The lowest BCUT2D eigenvalue weighted by Crippen LogP contribution is -2.11. The quantitative estimate of drug-likeness (QED) is 0.478. The number of aryl methyl sites for hydroxylation is 2. The van der Waals surface area contributed by atoms with Gasteiger partial charge in [0.1, 0.15) is 5.84 Å². The van der Waals surface area contributed by atoms with Gasteiger partial charge in [-0.15, -0.1) is 0 Å². The number of nitrogens with zero attached hydrogens (tertiary/aromatic N) is 2. The van der Waals surface area contributed by atoms with E-state index in [4.69, 9.17) is 11.1 Å². The summed E-state index contributed by atoms with van der Waals surface area (Å²) < 4.78 is 1.77. The summed E-state index contributed by atoms with van der Waals surface area (Å²) in [7, 11) is 0. The molecule has 0 aromatic carbocycles. The molecule has 0 aliphatic carbocycles. The summed E-state index contributed by atoms with van der Waals surface area (Å²) in [5.74, 6) is 0.0854. The Hall–Kier alpha value is -1.32. The average Bonchev–Trinajstić information content (AvgIpc) is 2.30. The Labute approximate surface area is 65.5 Å². The standard InChI is InChI=1S/C7H12N4/c1-3-11-4-6(7(8)9)5(2)10-11/h4H,3H2,1-2H3,(H3,8,9). The van der Waals surface area contributed by atoms with Crippen molar-refractivity contribution in [3.63, 3.8) is 0 Å². The van der Waals surface area contributed by atoms with Crippen LogP contribution in [0.15, 0.2) is 6.20 Å². The highest BCUT2D eigenvalue weighted by atomic mass is 15.3. The van der Waals surface area contributed by atoms with Crippen molar-refractivity contribution in [3.8, 4) is 0 Å². The van der Waals surface area contributed by atoms with Crippen LogP contribution in [0.4, 0.5) is 0 Å². The predicted molar refractivity (Wildman–Crippen MR) is 43.7 cm³/mol. The second-order valence-corrected chi connectivity index (χ2v) is 2.40. The predicted octanol–water partition coefficient (Wildman–Crippen LogP) is 0.495. The maximum absolute atomic E-state index is 7.19. The summed E-state index contributed by atoms with van der Waals surface area (Å²) in [5, 5.41) is 11.3. The van der Waals surface area contributed by atoms with Crippen molar-refractivity contribution >= 4 is 5.84 Å². The van der Waals surface area contributed by atoms with E-state index >= 15 is 0 Å². The number of nitrogens with two attached hydrogens (primary N) is 1. The number of hydrogen-bond acceptors (Lipinski definition) is 2. The molecule has 1 aromatic heterocycles. The lowest BCUT2D eigenvalue weighted by atomic mass is 10.2. The van der Waals surface area contributed by atoms with Crippen LogP contribution in [0.3, 0.4) is 0 Å². The van der Waals surface area contributed by atoms with Crippen LogP contribution in [0.25, 0.3) is 0 Å². The molecule has 0 spiro atoms. The first kappa shape index (κ1) is 7.78. The van der Waals surface area contributed by atoms with Crippen LogP contribution >= 0.6 is 0 Å². The van der Waals surface area contributed by atoms with Crippen LogP contribution in [0.2, 0.25) is 0 Å². The van der Waals surface area contributed by atoms with E-state index in [2.05, 4.69) is 5.10 Å². The van der Waals surface area contributed by atoms with Crippen LogP contribution in [0.1, 0.15) is 18.2 Å². The van der Waals surface area contributed by atoms with E-state index in [1.54, 1.807) is 10.9 Å². The van der Waals surface area contributed by atoms with Gasteiger partial charge >= 0.3 is 0 Å². The second kappa shape index (κ2) is 2.74. The average molecular weight is 152 g/mol. The SMILES string of the molecule is CCn1cc(C(=N)N)c(C)n1. The lowest BCUT2D eigenvalue weighted by Gasteiger charge is -1.90. The Morgan fingerprint density at radius 3 is 2.73 bits per heavy atom. The molecule has 0 saturated heterocycles. The van der Waals surface area contributed by atoms with Crippen LogP contribution < -0.4 is 5.73 Å². The minimum Gasteiger partial charge on any atom is -0.384 e. The van der Waals surface area contributed by atoms with E-state index in [9.17, 15) is 0 Å². The highest BCUT2D eigenvalue weighted by molar-refractivity contribution is 5.95. The van der Waals surface area contributed by atoms with Crippen LogP contribution in [-0.2, 0) is 6.54 Å². The van der Waals surface area contributed by atoms with Crippen molar-refractivity contribution < 1.29 is 0 Å². The van der Waals surface area contributed by atoms with E-state index in [1.165, 1.54) is 0 Å². The number of rotatable bonds is 2. The van der Waals surface area contributed by atoms with E-state index in [-0.39, 0.29) is 5.84 Å². The minimum absolute atomic E-state index is 0.0854. The van der Waals surface area contributed by atoms with E-state index in [0.29, 0.717) is 0 Å². The molecule has 0 aliphatic heterocycles. The second-order valence-electron chi connectivity index (χ2n) is 2.40. The normalized spacial score (nSPS) is 10.0. The van der Waals surface area contributed by atoms with Crippen LogP contribution in [0.5, 0.6) is 0 Å². The fourth-order valence-corrected chi connectivity index (χ4v) is 0.944. The van der Waals surface area contributed by atoms with Gasteiger partial charge in [-0.05, 0) is 13.8 Å². The Bertz CT molecular complexity index is 274. The molecule has 0 saturated carbocycles. The zero-order chi connectivity index (χ0) is 8.43. The fourth-order valence-electron chi connectivity index (χ4n) is 0.944. The van der Waals surface area contributed by atoms with Crippen molar-refractivity contribution in [2.24, 2.45) is 5.73 Å². The summed E-state index contributed by atoms with van der Waals surface area (Å²) in [6.07, 6.45) is 1.79. The Morgan fingerprint density at radius 1 is 1.82 bits per heavy atom. The third kappa shape index (κ3) is 1.39. The number of hydrogen-bond donors (Lipinski definition) is 2. The first-order valence-corrected chi connectivity index (χ1v) is 3.53. The number of nitrogens with one attached hydrogen (secondary N) is 1. The summed E-state index contributed by atoms with van der Waals surface area (Å²) in [5.41, 5.74) is 6.86. The minimum atomic E-state index is 0.0854. The molecule has 0 amide bonds. The fraction of sp³-hybridized carbons (Fsp3) is 0.429. The molecule has 1 heterocycles. The Kier molecular flexibility index (Phi) is 1.94. The molecule has 0 bridgehead atoms. The van der Waals surface area contributed by atoms with Gasteiger partial charge in [-0.1, -0.05) is 0 Å². The first-order valence-electron chi connectivity index (χ1n) is 3.53. The molecule has 0 radical (unpaired) electrons. The molecule has 4 nitrogen and oxygen atoms in total. The Morgan fingerprint density at radius 2 is 2.45 bits per heavy atom. The van der Waals surface area contributed by atoms with Crippen molar-refractivity contribution in [3.05, 3.63) is 17.5 Å². The highest BCUT2D eigenvalue weighted by Gasteiger charge is 2.05. The molecule has 1 aromatic rings. The van der Waals surface area contributed by atoms with Gasteiger partial charge in [0.25, 0.3) is 0 Å². The third-order valence-electron chi connectivity index (χ3n) is 1.56. The topological polar surface area (TPSA) is 67.7 Å². The number of aromatic nitrogens is 2. The van der Waals surface area contributed by atoms with E-state index < -0.39 is 0 Å². The zero-order valence-corrected chi connectivity index (χ0v) is 6.76. The third-order valence-corrected chi connectivity index (χ3v) is 1.56. The van der Waals surface area contributed by atoms with Gasteiger partial charge in [0.2, 0.25) is 0 Å². The van der Waals surface area contributed by atoms with Crippen LogP contribution in [-0.4, -0.2) is 15.6 Å². The molecule has 1 rings (SSSR count). The molecule has 0 fully saturated rings. The molecule has 0 unspecified atom stereocenters. The molecule has 11 heavy (non-hydrogen) atoms. The van der Waals surface area contributed by atoms with Crippen molar-refractivity contribution in [2.75, 3.05) is 0 Å². The largest absolute Gasteiger partial charge is 0.384 e. The van der Waals surface area contributed by atoms with Gasteiger partial charge < -0.3 is 5.73 Å². The van der Waals surface area contributed by atoms with Gasteiger partial charge in [0.15, 0.2) is 0 Å². The van der Waals surface area contributed by atoms with Gasteiger partial charge in [-0.2, -0.15) is 5.10 Å². The maximum atomic E-state index is 7.19. The summed E-state index contributed by atoms with van der Waals surface area (Å²) in [6.45, 7) is 4.66. The van der Waals surface area contributed by atoms with Gasteiger partial charge in [0, 0.05) is 12.7 Å². The Balaban J connectivity index is 3.07. The summed E-state index contributed by atoms with van der Waals surface area (Å²) in [6, 6.07) is 0. The van der Waals surface area contributed by atoms with Crippen molar-refractivity contribution in [1.29, 1.82) is 5.41 Å². The highest BCUT2D eigenvalue weighted by Crippen LogP contribution is 2.03. The molecule has 0 atom stereocenters. The first-order chi connectivity index (χ1) is 5.15. The van der Waals surface area contributed by atoms with Gasteiger partial charge in [0.05, 0.1) is 11.3 Å². The summed E-state index contributed by atoms with van der Waals surface area (Å²) >= 11 is 0. The van der Waals surface area contributed by atoms with E-state index in [1.807, 2.05) is 13.8 Å². The van der Waals surface area contributed by atoms with E-state index in [0.717, 1.165) is 17.8 Å². The molecular formula is C7H12N4. The smallest absolute Gasteiger partial charge is 0.126 e. The zero-order valence-electron chi connectivity index (χ0n) is 6.76.